The number of hydrogen-bond donors (Lipinski definition) is 0. The van der Waals surface area contributed by atoms with Gasteiger partial charge in [0, 0.05) is 32.1 Å². The molecule has 0 radical (unpaired) electrons. The fourth-order valence-electron chi connectivity index (χ4n) is 2.66. The number of aromatic nitrogens is 1. The first-order valence-electron chi connectivity index (χ1n) is 7.52. The third-order valence-electron chi connectivity index (χ3n) is 3.90. The summed E-state index contributed by atoms with van der Waals surface area (Å²) >= 11 is 0. The minimum absolute atomic E-state index is 0.0201. The number of ether oxygens (including phenoxy) is 1. The van der Waals surface area contributed by atoms with Gasteiger partial charge in [-0.2, -0.15) is 13.2 Å². The van der Waals surface area contributed by atoms with Crippen molar-refractivity contribution in [1.82, 2.24) is 4.98 Å². The minimum Gasteiger partial charge on any atom is -0.490 e. The van der Waals surface area contributed by atoms with E-state index in [-0.39, 0.29) is 6.10 Å². The topological polar surface area (TPSA) is 25.4 Å². The number of nitrogens with zero attached hydrogens (tertiary/aromatic N) is 2. The molecule has 0 saturated carbocycles. The van der Waals surface area contributed by atoms with E-state index in [9.17, 15) is 13.2 Å². The van der Waals surface area contributed by atoms with Crippen LogP contribution in [0.15, 0.2) is 48.7 Å². The Balaban J connectivity index is 1.55. The van der Waals surface area contributed by atoms with Gasteiger partial charge in [0.25, 0.3) is 0 Å². The number of piperidine rings is 1. The van der Waals surface area contributed by atoms with Crippen LogP contribution in [0, 0.1) is 0 Å². The van der Waals surface area contributed by atoms with E-state index < -0.39 is 11.7 Å². The Morgan fingerprint density at radius 1 is 1.00 bits per heavy atom. The summed E-state index contributed by atoms with van der Waals surface area (Å²) in [6.45, 7) is 1.64. The molecule has 1 saturated heterocycles. The first-order chi connectivity index (χ1) is 11.0. The van der Waals surface area contributed by atoms with E-state index in [0.29, 0.717) is 5.75 Å². The Kier molecular flexibility index (Phi) is 4.41. The van der Waals surface area contributed by atoms with Crippen LogP contribution in [0.2, 0.25) is 0 Å². The molecule has 0 amide bonds. The summed E-state index contributed by atoms with van der Waals surface area (Å²) in [5, 5.41) is 0. The smallest absolute Gasteiger partial charge is 0.416 e. The van der Waals surface area contributed by atoms with Crippen molar-refractivity contribution in [1.29, 1.82) is 0 Å². The summed E-state index contributed by atoms with van der Waals surface area (Å²) in [5.74, 6) is 1.43. The normalized spacial score (nSPS) is 16.4. The highest BCUT2D eigenvalue weighted by Gasteiger charge is 2.30. The summed E-state index contributed by atoms with van der Waals surface area (Å²) in [6, 6.07) is 10.7. The molecule has 23 heavy (non-hydrogen) atoms. The predicted octanol–water partition coefficient (Wildman–Crippen LogP) is 4.15. The second-order valence-electron chi connectivity index (χ2n) is 5.51. The second kappa shape index (κ2) is 6.48. The number of benzene rings is 1. The van der Waals surface area contributed by atoms with Gasteiger partial charge in [0.1, 0.15) is 17.7 Å². The maximum absolute atomic E-state index is 12.5. The van der Waals surface area contributed by atoms with Crippen LogP contribution in [-0.2, 0) is 6.18 Å². The lowest BCUT2D eigenvalue weighted by Gasteiger charge is -2.32. The van der Waals surface area contributed by atoms with Crippen molar-refractivity contribution in [3.05, 3.63) is 54.2 Å². The molecule has 0 N–H and O–H groups in total. The molecule has 2 aromatic rings. The predicted molar refractivity (Wildman–Crippen MR) is 81.5 cm³/mol. The Hall–Kier alpha value is -2.24. The Bertz CT molecular complexity index is 621. The van der Waals surface area contributed by atoms with Crippen LogP contribution in [0.25, 0.3) is 0 Å². The zero-order valence-electron chi connectivity index (χ0n) is 12.5. The third-order valence-corrected chi connectivity index (χ3v) is 3.90. The molecule has 0 bridgehead atoms. The van der Waals surface area contributed by atoms with Crippen molar-refractivity contribution < 1.29 is 17.9 Å². The van der Waals surface area contributed by atoms with Gasteiger partial charge in [-0.25, -0.2) is 4.98 Å². The van der Waals surface area contributed by atoms with Crippen LogP contribution < -0.4 is 9.64 Å². The Morgan fingerprint density at radius 3 is 2.26 bits per heavy atom. The van der Waals surface area contributed by atoms with Gasteiger partial charge in [-0.15, -0.1) is 0 Å². The van der Waals surface area contributed by atoms with Gasteiger partial charge < -0.3 is 9.64 Å². The molecule has 1 aliphatic rings. The van der Waals surface area contributed by atoms with E-state index >= 15 is 0 Å². The van der Waals surface area contributed by atoms with Crippen molar-refractivity contribution in [2.45, 2.75) is 25.1 Å². The van der Waals surface area contributed by atoms with Crippen molar-refractivity contribution in [3.63, 3.8) is 0 Å². The number of rotatable bonds is 3. The highest BCUT2D eigenvalue weighted by Crippen LogP contribution is 2.31. The molecule has 122 valence electrons. The molecule has 1 aromatic heterocycles. The fourth-order valence-corrected chi connectivity index (χ4v) is 2.66. The van der Waals surface area contributed by atoms with Crippen LogP contribution in [-0.4, -0.2) is 24.2 Å². The van der Waals surface area contributed by atoms with Crippen LogP contribution in [0.4, 0.5) is 19.0 Å². The molecule has 3 nitrogen and oxygen atoms in total. The number of alkyl halides is 3. The average molecular weight is 322 g/mol. The summed E-state index contributed by atoms with van der Waals surface area (Å²) < 4.78 is 43.4. The molecule has 0 aliphatic carbocycles. The third kappa shape index (κ3) is 3.94. The standard InChI is InChI=1S/C17H17F3N2O/c18-17(19,20)13-4-6-14(7-5-13)23-15-8-11-22(12-9-15)16-3-1-2-10-21-16/h1-7,10,15H,8-9,11-12H2. The molecular formula is C17H17F3N2O. The lowest BCUT2D eigenvalue weighted by molar-refractivity contribution is -0.137. The van der Waals surface area contributed by atoms with E-state index in [1.54, 1.807) is 6.20 Å². The number of halogens is 3. The minimum atomic E-state index is -4.31. The van der Waals surface area contributed by atoms with E-state index in [0.717, 1.165) is 43.9 Å². The van der Waals surface area contributed by atoms with Gasteiger partial charge in [-0.3, -0.25) is 0 Å². The van der Waals surface area contributed by atoms with Gasteiger partial charge in [0.2, 0.25) is 0 Å². The van der Waals surface area contributed by atoms with Gasteiger partial charge in [0.05, 0.1) is 5.56 Å². The van der Waals surface area contributed by atoms with Crippen molar-refractivity contribution in [3.8, 4) is 5.75 Å². The molecular weight excluding hydrogens is 305 g/mol. The first-order valence-corrected chi connectivity index (χ1v) is 7.52. The fraction of sp³-hybridized carbons (Fsp3) is 0.353. The zero-order valence-corrected chi connectivity index (χ0v) is 12.5. The molecule has 3 rings (SSSR count). The molecule has 0 atom stereocenters. The highest BCUT2D eigenvalue weighted by atomic mass is 19.4. The second-order valence-corrected chi connectivity index (χ2v) is 5.51. The number of anilines is 1. The average Bonchev–Trinajstić information content (AvgIpc) is 2.56. The Labute approximate surface area is 132 Å². The molecule has 1 aromatic carbocycles. The van der Waals surface area contributed by atoms with Crippen molar-refractivity contribution in [2.24, 2.45) is 0 Å². The van der Waals surface area contributed by atoms with E-state index in [1.807, 2.05) is 18.2 Å². The lowest BCUT2D eigenvalue weighted by Crippen LogP contribution is -2.38. The van der Waals surface area contributed by atoms with Crippen molar-refractivity contribution >= 4 is 5.82 Å². The monoisotopic (exact) mass is 322 g/mol. The highest BCUT2D eigenvalue weighted by molar-refractivity contribution is 5.38. The van der Waals surface area contributed by atoms with Gasteiger partial charge >= 0.3 is 6.18 Å². The van der Waals surface area contributed by atoms with Crippen molar-refractivity contribution in [2.75, 3.05) is 18.0 Å². The zero-order chi connectivity index (χ0) is 16.3. The molecule has 1 fully saturated rings. The van der Waals surface area contributed by atoms with E-state index in [2.05, 4.69) is 9.88 Å². The first kappa shape index (κ1) is 15.6. The number of pyridine rings is 1. The van der Waals surface area contributed by atoms with E-state index in [1.165, 1.54) is 12.1 Å². The van der Waals surface area contributed by atoms with Gasteiger partial charge in [-0.05, 0) is 36.4 Å². The lowest BCUT2D eigenvalue weighted by atomic mass is 10.1. The summed E-state index contributed by atoms with van der Waals surface area (Å²) in [6.07, 6.45) is -0.895. The molecule has 0 spiro atoms. The summed E-state index contributed by atoms with van der Waals surface area (Å²) in [7, 11) is 0. The largest absolute Gasteiger partial charge is 0.490 e. The van der Waals surface area contributed by atoms with Gasteiger partial charge in [-0.1, -0.05) is 6.07 Å². The molecule has 6 heteroatoms. The maximum Gasteiger partial charge on any atom is 0.416 e. The van der Waals surface area contributed by atoms with Crippen LogP contribution >= 0.6 is 0 Å². The Morgan fingerprint density at radius 2 is 1.70 bits per heavy atom. The molecule has 0 unspecified atom stereocenters. The maximum atomic E-state index is 12.5. The SMILES string of the molecule is FC(F)(F)c1ccc(OC2CCN(c3ccccn3)CC2)cc1. The quantitative estimate of drug-likeness (QED) is 0.849. The van der Waals surface area contributed by atoms with Crippen LogP contribution in [0.3, 0.4) is 0 Å². The van der Waals surface area contributed by atoms with Crippen LogP contribution in [0.1, 0.15) is 18.4 Å². The van der Waals surface area contributed by atoms with Crippen LogP contribution in [0.5, 0.6) is 5.75 Å². The van der Waals surface area contributed by atoms with Gasteiger partial charge in [0.15, 0.2) is 0 Å². The summed E-state index contributed by atoms with van der Waals surface area (Å²) in [5.41, 5.74) is -0.658. The van der Waals surface area contributed by atoms with E-state index in [4.69, 9.17) is 4.74 Å². The molecule has 1 aliphatic heterocycles. The number of hydrogen-bond acceptors (Lipinski definition) is 3. The summed E-state index contributed by atoms with van der Waals surface area (Å²) in [4.78, 5) is 6.51. The molecule has 2 heterocycles.